The van der Waals surface area contributed by atoms with Crippen molar-refractivity contribution in [2.75, 3.05) is 11.5 Å². The molecule has 0 fully saturated rings. The van der Waals surface area contributed by atoms with Crippen LogP contribution in [-0.4, -0.2) is 15.7 Å². The first kappa shape index (κ1) is 37.6. The summed E-state index contributed by atoms with van der Waals surface area (Å²) in [5.74, 6) is 1.87. The molecule has 0 saturated carbocycles. The Hall–Kier alpha value is -0.370. The van der Waals surface area contributed by atoms with E-state index < -0.39 is 10.8 Å². The SMILES string of the molecule is CCCCCCCC/C=C\CCCCCCCCS(=O)CCCCCCCC/C=C\CCCCCCCC. The smallest absolute Gasteiger partial charge is 0.0234 e. The molecular weight excluding hydrogens is 480 g/mol. The highest BCUT2D eigenvalue weighted by molar-refractivity contribution is 7.84. The molecule has 0 aromatic carbocycles. The normalized spacial score (nSPS) is 12.1. The van der Waals surface area contributed by atoms with Crippen LogP contribution in [0.5, 0.6) is 0 Å². The van der Waals surface area contributed by atoms with Gasteiger partial charge >= 0.3 is 0 Å². The highest BCUT2D eigenvalue weighted by Crippen LogP contribution is 2.12. The molecule has 0 aliphatic rings. The lowest BCUT2D eigenvalue weighted by atomic mass is 10.1. The van der Waals surface area contributed by atoms with Crippen molar-refractivity contribution in [1.29, 1.82) is 0 Å². The van der Waals surface area contributed by atoms with E-state index in [1.54, 1.807) is 0 Å². The molecule has 0 rings (SSSR count). The summed E-state index contributed by atoms with van der Waals surface area (Å²) in [4.78, 5) is 0. The maximum atomic E-state index is 12.2. The van der Waals surface area contributed by atoms with E-state index in [2.05, 4.69) is 38.2 Å². The van der Waals surface area contributed by atoms with E-state index in [0.29, 0.717) is 0 Å². The highest BCUT2D eigenvalue weighted by Gasteiger charge is 2.00. The number of allylic oxidation sites excluding steroid dienone is 4. The average Bonchev–Trinajstić information content (AvgIpc) is 2.92. The second-order valence-electron chi connectivity index (χ2n) is 11.7. The Morgan fingerprint density at radius 2 is 0.579 bits per heavy atom. The van der Waals surface area contributed by atoms with Gasteiger partial charge in [-0.2, -0.15) is 0 Å². The molecule has 0 heterocycles. The van der Waals surface area contributed by atoms with Crippen LogP contribution in [0.3, 0.4) is 0 Å². The number of hydrogen-bond donors (Lipinski definition) is 0. The van der Waals surface area contributed by atoms with E-state index >= 15 is 0 Å². The van der Waals surface area contributed by atoms with Gasteiger partial charge in [0.05, 0.1) is 0 Å². The topological polar surface area (TPSA) is 17.1 Å². The molecule has 38 heavy (non-hydrogen) atoms. The maximum Gasteiger partial charge on any atom is 0.0234 e. The molecule has 0 unspecified atom stereocenters. The number of unbranched alkanes of at least 4 members (excludes halogenated alkanes) is 24. The van der Waals surface area contributed by atoms with E-state index in [1.807, 2.05) is 0 Å². The zero-order chi connectivity index (χ0) is 27.6. The standard InChI is InChI=1S/C36H70OS/c1-3-5-7-9-11-13-15-17-19-21-23-25-27-29-31-33-35-38(37)36-34-32-30-28-26-24-22-20-18-16-14-12-10-8-6-4-2/h17-20H,3-16,21-36H2,1-2H3/b19-17-,20-18-. The van der Waals surface area contributed by atoms with Crippen LogP contribution in [-0.2, 0) is 10.8 Å². The summed E-state index contributed by atoms with van der Waals surface area (Å²) in [6, 6.07) is 0. The van der Waals surface area contributed by atoms with Gasteiger partial charge in [0.2, 0.25) is 0 Å². The third-order valence-corrected chi connectivity index (χ3v) is 9.26. The van der Waals surface area contributed by atoms with Crippen LogP contribution in [0.1, 0.15) is 194 Å². The van der Waals surface area contributed by atoms with Gasteiger partial charge in [0.1, 0.15) is 0 Å². The molecule has 0 amide bonds. The van der Waals surface area contributed by atoms with Crippen molar-refractivity contribution in [3.05, 3.63) is 24.3 Å². The van der Waals surface area contributed by atoms with E-state index in [-0.39, 0.29) is 0 Å². The van der Waals surface area contributed by atoms with Crippen LogP contribution in [0.2, 0.25) is 0 Å². The van der Waals surface area contributed by atoms with Crippen molar-refractivity contribution >= 4 is 10.8 Å². The van der Waals surface area contributed by atoms with Gasteiger partial charge in [-0.05, 0) is 64.2 Å². The number of rotatable bonds is 32. The molecule has 0 aliphatic heterocycles. The van der Waals surface area contributed by atoms with Gasteiger partial charge in [-0.15, -0.1) is 0 Å². The summed E-state index contributed by atoms with van der Waals surface area (Å²) in [6.45, 7) is 4.57. The third-order valence-electron chi connectivity index (χ3n) is 7.77. The van der Waals surface area contributed by atoms with Crippen molar-refractivity contribution in [1.82, 2.24) is 0 Å². The summed E-state index contributed by atoms with van der Waals surface area (Å²) in [6.07, 6.45) is 47.1. The van der Waals surface area contributed by atoms with Gasteiger partial charge in [0.15, 0.2) is 0 Å². The van der Waals surface area contributed by atoms with Crippen LogP contribution < -0.4 is 0 Å². The summed E-state index contributed by atoms with van der Waals surface area (Å²) in [5, 5.41) is 0. The van der Waals surface area contributed by atoms with Crippen LogP contribution in [0.25, 0.3) is 0 Å². The van der Waals surface area contributed by atoms with E-state index in [9.17, 15) is 4.21 Å². The van der Waals surface area contributed by atoms with Gasteiger partial charge < -0.3 is 0 Å². The average molecular weight is 551 g/mol. The molecule has 0 aromatic heterocycles. The quantitative estimate of drug-likeness (QED) is 0.0601. The fourth-order valence-electron chi connectivity index (χ4n) is 5.12. The van der Waals surface area contributed by atoms with Gasteiger partial charge in [0.25, 0.3) is 0 Å². The Labute approximate surface area is 244 Å². The Kier molecular flexibility index (Phi) is 34.3. The minimum atomic E-state index is -0.573. The first-order valence-electron chi connectivity index (χ1n) is 17.5. The van der Waals surface area contributed by atoms with Crippen LogP contribution >= 0.6 is 0 Å². The monoisotopic (exact) mass is 551 g/mol. The van der Waals surface area contributed by atoms with Crippen molar-refractivity contribution < 1.29 is 4.21 Å². The first-order chi connectivity index (χ1) is 18.8. The van der Waals surface area contributed by atoms with Crippen LogP contribution in [0, 0.1) is 0 Å². The summed E-state index contributed by atoms with van der Waals surface area (Å²) in [7, 11) is -0.573. The molecule has 0 N–H and O–H groups in total. The van der Waals surface area contributed by atoms with Crippen LogP contribution in [0.4, 0.5) is 0 Å². The van der Waals surface area contributed by atoms with E-state index in [4.69, 9.17) is 0 Å². The zero-order valence-electron chi connectivity index (χ0n) is 26.3. The fraction of sp³-hybridized carbons (Fsp3) is 0.889. The second-order valence-corrected chi connectivity index (χ2v) is 13.4. The van der Waals surface area contributed by atoms with Crippen molar-refractivity contribution in [2.45, 2.75) is 194 Å². The Balaban J connectivity index is 3.23. The van der Waals surface area contributed by atoms with Gasteiger partial charge in [0, 0.05) is 22.3 Å². The highest BCUT2D eigenvalue weighted by atomic mass is 32.2. The predicted octanol–water partition coefficient (Wildman–Crippen LogP) is 12.8. The minimum Gasteiger partial charge on any atom is -0.260 e. The molecule has 0 spiro atoms. The Morgan fingerprint density at radius 3 is 0.868 bits per heavy atom. The van der Waals surface area contributed by atoms with Gasteiger partial charge in [-0.3, -0.25) is 4.21 Å². The molecule has 0 saturated heterocycles. The molecule has 0 atom stereocenters. The second kappa shape index (κ2) is 34.7. The molecule has 2 heteroatoms. The van der Waals surface area contributed by atoms with Crippen molar-refractivity contribution in [3.8, 4) is 0 Å². The maximum absolute atomic E-state index is 12.2. The zero-order valence-corrected chi connectivity index (χ0v) is 27.2. The van der Waals surface area contributed by atoms with E-state index in [1.165, 1.54) is 167 Å². The molecular formula is C36H70OS. The minimum absolute atomic E-state index is 0.573. The Morgan fingerprint density at radius 1 is 0.342 bits per heavy atom. The van der Waals surface area contributed by atoms with E-state index in [0.717, 1.165) is 24.3 Å². The Bertz CT molecular complexity index is 465. The van der Waals surface area contributed by atoms with Crippen molar-refractivity contribution in [2.24, 2.45) is 0 Å². The molecule has 0 radical (unpaired) electrons. The summed E-state index contributed by atoms with van der Waals surface area (Å²) >= 11 is 0. The van der Waals surface area contributed by atoms with Gasteiger partial charge in [-0.25, -0.2) is 0 Å². The van der Waals surface area contributed by atoms with Crippen LogP contribution in [0.15, 0.2) is 24.3 Å². The number of hydrogen-bond acceptors (Lipinski definition) is 1. The lowest BCUT2D eigenvalue weighted by Crippen LogP contribution is -2.02. The molecule has 226 valence electrons. The molecule has 0 bridgehead atoms. The molecule has 0 aromatic rings. The lowest BCUT2D eigenvalue weighted by Gasteiger charge is -2.04. The lowest BCUT2D eigenvalue weighted by molar-refractivity contribution is 0.602. The summed E-state index contributed by atoms with van der Waals surface area (Å²) in [5.41, 5.74) is 0. The molecule has 1 nitrogen and oxygen atoms in total. The molecule has 0 aliphatic carbocycles. The predicted molar refractivity (Wildman–Crippen MR) is 177 cm³/mol. The largest absolute Gasteiger partial charge is 0.260 e. The fourth-order valence-corrected chi connectivity index (χ4v) is 6.38. The van der Waals surface area contributed by atoms with Crippen molar-refractivity contribution in [3.63, 3.8) is 0 Å². The first-order valence-corrected chi connectivity index (χ1v) is 18.9. The summed E-state index contributed by atoms with van der Waals surface area (Å²) < 4.78 is 12.2. The third kappa shape index (κ3) is 33.7. The van der Waals surface area contributed by atoms with Gasteiger partial charge in [-0.1, -0.05) is 154 Å².